The molecule has 124 valence electrons. The van der Waals surface area contributed by atoms with Gasteiger partial charge in [-0.25, -0.2) is 4.39 Å². The molecule has 0 unspecified atom stereocenters. The number of hydrogen-bond donors (Lipinski definition) is 0. The largest absolute Gasteiger partial charge is 0.297 e. The van der Waals surface area contributed by atoms with E-state index >= 15 is 0 Å². The summed E-state index contributed by atoms with van der Waals surface area (Å²) < 4.78 is 14.7. The lowest BCUT2D eigenvalue weighted by atomic mass is 10.1. The van der Waals surface area contributed by atoms with Crippen LogP contribution in [-0.4, -0.2) is 36.0 Å². The molecule has 1 aliphatic heterocycles. The third-order valence-electron chi connectivity index (χ3n) is 4.36. The summed E-state index contributed by atoms with van der Waals surface area (Å²) in [5.74, 6) is -0.149. The average molecular weight is 388 g/mol. The quantitative estimate of drug-likeness (QED) is 0.799. The molecule has 0 radical (unpaired) electrons. The van der Waals surface area contributed by atoms with Gasteiger partial charge in [0, 0.05) is 49.3 Å². The summed E-state index contributed by atoms with van der Waals surface area (Å²) in [6.45, 7) is 5.36. The lowest BCUT2D eigenvalue weighted by molar-refractivity contribution is 0.121. The second kappa shape index (κ2) is 7.89. The Morgan fingerprint density at radius 3 is 2.17 bits per heavy atom. The molecule has 0 atom stereocenters. The van der Waals surface area contributed by atoms with Gasteiger partial charge in [-0.3, -0.25) is 9.80 Å². The van der Waals surface area contributed by atoms with Gasteiger partial charge in [0.05, 0.1) is 11.6 Å². The molecule has 0 spiro atoms. The van der Waals surface area contributed by atoms with Crippen molar-refractivity contribution >= 4 is 15.9 Å². The molecular formula is C19H19BrFN3. The molecule has 1 aliphatic rings. The van der Waals surface area contributed by atoms with Crippen LogP contribution in [0.25, 0.3) is 0 Å². The van der Waals surface area contributed by atoms with E-state index in [-0.39, 0.29) is 5.82 Å². The topological polar surface area (TPSA) is 30.3 Å². The Bertz CT molecular complexity index is 731. The van der Waals surface area contributed by atoms with Gasteiger partial charge in [-0.15, -0.1) is 0 Å². The molecule has 0 bridgehead atoms. The fourth-order valence-electron chi connectivity index (χ4n) is 2.94. The van der Waals surface area contributed by atoms with Crippen LogP contribution in [0, 0.1) is 17.1 Å². The molecule has 1 fully saturated rings. The van der Waals surface area contributed by atoms with E-state index in [1.807, 2.05) is 36.4 Å². The first-order valence-corrected chi connectivity index (χ1v) is 8.81. The Labute approximate surface area is 150 Å². The third-order valence-corrected chi connectivity index (χ3v) is 4.86. The second-order valence-corrected chi connectivity index (χ2v) is 7.01. The second-order valence-electron chi connectivity index (χ2n) is 6.10. The maximum atomic E-state index is 13.9. The minimum atomic E-state index is -0.149. The lowest BCUT2D eigenvalue weighted by Gasteiger charge is -2.34. The van der Waals surface area contributed by atoms with Crippen LogP contribution in [0.3, 0.4) is 0 Å². The van der Waals surface area contributed by atoms with Crippen LogP contribution in [0.15, 0.2) is 46.9 Å². The van der Waals surface area contributed by atoms with Crippen LogP contribution in [-0.2, 0) is 13.1 Å². The van der Waals surface area contributed by atoms with E-state index in [2.05, 4.69) is 31.8 Å². The molecule has 0 amide bonds. The van der Waals surface area contributed by atoms with Gasteiger partial charge >= 0.3 is 0 Å². The molecule has 0 N–H and O–H groups in total. The molecule has 0 aliphatic carbocycles. The molecule has 1 saturated heterocycles. The van der Waals surface area contributed by atoms with Crippen LogP contribution >= 0.6 is 15.9 Å². The SMILES string of the molecule is N#Cc1ccc(CN2CCN(Cc3ccc(Br)cc3F)CC2)cc1. The molecule has 0 aromatic heterocycles. The highest BCUT2D eigenvalue weighted by molar-refractivity contribution is 9.10. The van der Waals surface area contributed by atoms with Gasteiger partial charge < -0.3 is 0 Å². The van der Waals surface area contributed by atoms with Gasteiger partial charge in [0.2, 0.25) is 0 Å². The van der Waals surface area contributed by atoms with Crippen LogP contribution in [0.5, 0.6) is 0 Å². The van der Waals surface area contributed by atoms with E-state index in [1.54, 1.807) is 0 Å². The van der Waals surface area contributed by atoms with Gasteiger partial charge in [0.1, 0.15) is 5.82 Å². The highest BCUT2D eigenvalue weighted by atomic mass is 79.9. The van der Waals surface area contributed by atoms with Crippen molar-refractivity contribution in [3.8, 4) is 6.07 Å². The number of nitriles is 1. The zero-order valence-electron chi connectivity index (χ0n) is 13.4. The third kappa shape index (κ3) is 4.41. The van der Waals surface area contributed by atoms with E-state index in [4.69, 9.17) is 5.26 Å². The van der Waals surface area contributed by atoms with Gasteiger partial charge in [0.25, 0.3) is 0 Å². The van der Waals surface area contributed by atoms with Gasteiger partial charge in [-0.2, -0.15) is 5.26 Å². The normalized spacial score (nSPS) is 16.0. The molecule has 1 heterocycles. The number of rotatable bonds is 4. The summed E-state index contributed by atoms with van der Waals surface area (Å²) in [7, 11) is 0. The van der Waals surface area contributed by atoms with E-state index < -0.39 is 0 Å². The summed E-state index contributed by atoms with van der Waals surface area (Å²) in [4.78, 5) is 4.69. The summed E-state index contributed by atoms with van der Waals surface area (Å²) in [6.07, 6.45) is 0. The predicted molar refractivity (Wildman–Crippen MR) is 95.8 cm³/mol. The molecule has 5 heteroatoms. The van der Waals surface area contributed by atoms with Crippen LogP contribution in [0.2, 0.25) is 0 Å². The number of nitrogens with zero attached hydrogens (tertiary/aromatic N) is 3. The van der Waals surface area contributed by atoms with Crippen molar-refractivity contribution in [2.75, 3.05) is 26.2 Å². The Morgan fingerprint density at radius 1 is 0.958 bits per heavy atom. The summed E-state index contributed by atoms with van der Waals surface area (Å²) in [5.41, 5.74) is 2.67. The summed E-state index contributed by atoms with van der Waals surface area (Å²) in [5, 5.41) is 8.84. The molecule has 24 heavy (non-hydrogen) atoms. The highest BCUT2D eigenvalue weighted by Gasteiger charge is 2.18. The predicted octanol–water partition coefficient (Wildman–Crippen LogP) is 3.78. The first-order valence-electron chi connectivity index (χ1n) is 8.02. The Kier molecular flexibility index (Phi) is 5.62. The fraction of sp³-hybridized carbons (Fsp3) is 0.316. The van der Waals surface area contributed by atoms with Crippen LogP contribution in [0.1, 0.15) is 16.7 Å². The van der Waals surface area contributed by atoms with Gasteiger partial charge in [0.15, 0.2) is 0 Å². The van der Waals surface area contributed by atoms with Crippen molar-refractivity contribution in [3.05, 3.63) is 69.4 Å². The van der Waals surface area contributed by atoms with Crippen molar-refractivity contribution in [1.82, 2.24) is 9.80 Å². The zero-order valence-corrected chi connectivity index (χ0v) is 15.0. The van der Waals surface area contributed by atoms with Crippen LogP contribution < -0.4 is 0 Å². The average Bonchev–Trinajstić information content (AvgIpc) is 2.60. The van der Waals surface area contributed by atoms with Gasteiger partial charge in [-0.1, -0.05) is 34.1 Å². The smallest absolute Gasteiger partial charge is 0.128 e. The van der Waals surface area contributed by atoms with Crippen LogP contribution in [0.4, 0.5) is 4.39 Å². The number of halogens is 2. The van der Waals surface area contributed by atoms with E-state index in [0.29, 0.717) is 12.1 Å². The molecule has 3 nitrogen and oxygen atoms in total. The Hall–Kier alpha value is -1.74. The Balaban J connectivity index is 1.51. The molecule has 3 rings (SSSR count). The van der Waals surface area contributed by atoms with Crippen molar-refractivity contribution in [2.45, 2.75) is 13.1 Å². The molecule has 2 aromatic carbocycles. The highest BCUT2D eigenvalue weighted by Crippen LogP contribution is 2.18. The maximum Gasteiger partial charge on any atom is 0.128 e. The van der Waals surface area contributed by atoms with E-state index in [9.17, 15) is 4.39 Å². The first kappa shape index (κ1) is 17.1. The molecule has 2 aromatic rings. The monoisotopic (exact) mass is 387 g/mol. The number of hydrogen-bond acceptors (Lipinski definition) is 3. The molecule has 0 saturated carbocycles. The lowest BCUT2D eigenvalue weighted by Crippen LogP contribution is -2.45. The van der Waals surface area contributed by atoms with Crippen molar-refractivity contribution in [3.63, 3.8) is 0 Å². The van der Waals surface area contributed by atoms with Gasteiger partial charge in [-0.05, 0) is 29.8 Å². The van der Waals surface area contributed by atoms with Crippen molar-refractivity contribution in [2.24, 2.45) is 0 Å². The summed E-state index contributed by atoms with van der Waals surface area (Å²) in [6, 6.07) is 15.2. The Morgan fingerprint density at radius 2 is 1.58 bits per heavy atom. The summed E-state index contributed by atoms with van der Waals surface area (Å²) >= 11 is 3.29. The maximum absolute atomic E-state index is 13.9. The van der Waals surface area contributed by atoms with E-state index in [1.165, 1.54) is 11.6 Å². The van der Waals surface area contributed by atoms with Crippen molar-refractivity contribution < 1.29 is 4.39 Å². The minimum Gasteiger partial charge on any atom is -0.297 e. The molecular weight excluding hydrogens is 369 g/mol. The first-order chi connectivity index (χ1) is 11.6. The minimum absolute atomic E-state index is 0.149. The standard InChI is InChI=1S/C19H19BrFN3/c20-18-6-5-17(19(21)11-18)14-24-9-7-23(8-10-24)13-16-3-1-15(12-22)2-4-16/h1-6,11H,7-10,13-14H2. The van der Waals surface area contributed by atoms with Crippen molar-refractivity contribution in [1.29, 1.82) is 5.26 Å². The fourth-order valence-corrected chi connectivity index (χ4v) is 3.27. The van der Waals surface area contributed by atoms with E-state index in [0.717, 1.165) is 42.8 Å². The number of benzene rings is 2. The number of piperazine rings is 1. The zero-order chi connectivity index (χ0) is 16.9.